The van der Waals surface area contributed by atoms with Gasteiger partial charge in [0.1, 0.15) is 0 Å². The van der Waals surface area contributed by atoms with E-state index in [4.69, 9.17) is 0 Å². The summed E-state index contributed by atoms with van der Waals surface area (Å²) in [5.41, 5.74) is -0.787. The molecule has 0 atom stereocenters. The number of benzene rings is 1. The Morgan fingerprint density at radius 2 is 1.93 bits per heavy atom. The summed E-state index contributed by atoms with van der Waals surface area (Å²) in [6.07, 6.45) is -4.44. The monoisotopic (exact) mass is 266 g/mol. The van der Waals surface area contributed by atoms with Gasteiger partial charge in [-0.2, -0.15) is 13.2 Å². The molecule has 14 heavy (non-hydrogen) atoms. The van der Waals surface area contributed by atoms with Crippen molar-refractivity contribution in [3.05, 3.63) is 33.8 Å². The van der Waals surface area contributed by atoms with E-state index in [2.05, 4.69) is 15.9 Å². The van der Waals surface area contributed by atoms with Gasteiger partial charge < -0.3 is 0 Å². The summed E-state index contributed by atoms with van der Waals surface area (Å²) in [6.45, 7) is 1.22. The highest BCUT2D eigenvalue weighted by molar-refractivity contribution is 9.10. The van der Waals surface area contributed by atoms with Crippen LogP contribution in [0.1, 0.15) is 22.8 Å². The van der Waals surface area contributed by atoms with Gasteiger partial charge in [0, 0.05) is 10.0 Å². The van der Waals surface area contributed by atoms with E-state index in [1.165, 1.54) is 19.1 Å². The van der Waals surface area contributed by atoms with Gasteiger partial charge in [0.25, 0.3) is 0 Å². The molecule has 1 rings (SSSR count). The number of alkyl halides is 3. The topological polar surface area (TPSA) is 17.1 Å². The van der Waals surface area contributed by atoms with Crippen LogP contribution < -0.4 is 0 Å². The molecule has 0 aliphatic carbocycles. The second kappa shape index (κ2) is 3.73. The number of carbonyl (C=O) groups excluding carboxylic acids is 1. The number of ketones is 1. The molecular formula is C9H6BrF3O. The first-order chi connectivity index (χ1) is 6.34. The Labute approximate surface area is 87.1 Å². The van der Waals surface area contributed by atoms with Crippen molar-refractivity contribution in [3.8, 4) is 0 Å². The summed E-state index contributed by atoms with van der Waals surface area (Å²) in [5.74, 6) is -0.400. The normalized spacial score (nSPS) is 11.5. The molecular weight excluding hydrogens is 261 g/mol. The van der Waals surface area contributed by atoms with Crippen molar-refractivity contribution in [2.75, 3.05) is 0 Å². The fourth-order valence-corrected chi connectivity index (χ4v) is 1.79. The highest BCUT2D eigenvalue weighted by atomic mass is 79.9. The molecule has 1 aromatic carbocycles. The second-order valence-electron chi connectivity index (χ2n) is 2.72. The molecule has 0 radical (unpaired) electrons. The van der Waals surface area contributed by atoms with Gasteiger partial charge in [0.05, 0.1) is 5.56 Å². The minimum Gasteiger partial charge on any atom is -0.294 e. The van der Waals surface area contributed by atoms with Gasteiger partial charge in [-0.1, -0.05) is 12.1 Å². The zero-order valence-electron chi connectivity index (χ0n) is 7.15. The van der Waals surface area contributed by atoms with Gasteiger partial charge in [0.2, 0.25) is 0 Å². The third kappa shape index (κ3) is 2.15. The summed E-state index contributed by atoms with van der Waals surface area (Å²) in [6, 6.07) is 3.49. The van der Waals surface area contributed by atoms with Crippen LogP contribution >= 0.6 is 15.9 Å². The number of Topliss-reactive ketones (excluding diaryl/α,β-unsaturated/α-hetero) is 1. The van der Waals surface area contributed by atoms with Crippen molar-refractivity contribution in [2.24, 2.45) is 0 Å². The van der Waals surface area contributed by atoms with E-state index in [-0.39, 0.29) is 10.0 Å². The lowest BCUT2D eigenvalue weighted by Crippen LogP contribution is -2.08. The lowest BCUT2D eigenvalue weighted by Gasteiger charge is -2.10. The predicted molar refractivity (Wildman–Crippen MR) is 49.1 cm³/mol. The van der Waals surface area contributed by atoms with E-state index in [9.17, 15) is 18.0 Å². The lowest BCUT2D eigenvalue weighted by molar-refractivity contribution is -0.138. The van der Waals surface area contributed by atoms with Crippen LogP contribution in [0.3, 0.4) is 0 Å². The Balaban J connectivity index is 3.35. The minimum absolute atomic E-state index is 0.0415. The molecule has 1 aromatic rings. The molecule has 0 aliphatic heterocycles. The first-order valence-corrected chi connectivity index (χ1v) is 4.50. The van der Waals surface area contributed by atoms with Gasteiger partial charge in [-0.3, -0.25) is 4.79 Å². The summed E-state index contributed by atoms with van der Waals surface area (Å²) in [7, 11) is 0. The van der Waals surface area contributed by atoms with Crippen LogP contribution in [0.4, 0.5) is 13.2 Å². The third-order valence-electron chi connectivity index (χ3n) is 1.68. The van der Waals surface area contributed by atoms with Crippen molar-refractivity contribution in [1.82, 2.24) is 0 Å². The summed E-state index contributed by atoms with van der Waals surface area (Å²) in [4.78, 5) is 10.9. The number of halogens is 4. The molecule has 0 unspecified atom stereocenters. The first-order valence-electron chi connectivity index (χ1n) is 3.70. The first kappa shape index (κ1) is 11.2. The molecule has 0 saturated carbocycles. The Bertz CT molecular complexity index is 371. The maximum atomic E-state index is 12.4. The zero-order valence-corrected chi connectivity index (χ0v) is 8.74. The van der Waals surface area contributed by atoms with Crippen molar-refractivity contribution >= 4 is 21.7 Å². The molecule has 0 spiro atoms. The van der Waals surface area contributed by atoms with E-state index < -0.39 is 17.5 Å². The average Bonchev–Trinajstić information content (AvgIpc) is 2.01. The van der Waals surface area contributed by atoms with Crippen molar-refractivity contribution < 1.29 is 18.0 Å². The summed E-state index contributed by atoms with van der Waals surface area (Å²) in [5, 5.41) is 0. The quantitative estimate of drug-likeness (QED) is 0.709. The number of hydrogen-bond donors (Lipinski definition) is 0. The fourth-order valence-electron chi connectivity index (χ4n) is 1.02. The highest BCUT2D eigenvalue weighted by Crippen LogP contribution is 2.36. The smallest absolute Gasteiger partial charge is 0.294 e. The Morgan fingerprint density at radius 1 is 1.36 bits per heavy atom. The fraction of sp³-hybridized carbons (Fsp3) is 0.222. The maximum Gasteiger partial charge on any atom is 0.417 e. The van der Waals surface area contributed by atoms with E-state index in [1.807, 2.05) is 0 Å². The minimum atomic E-state index is -4.44. The molecule has 0 aliphatic rings. The number of carbonyl (C=O) groups is 1. The van der Waals surface area contributed by atoms with Gasteiger partial charge in [-0.05, 0) is 28.9 Å². The standard InChI is InChI=1S/C9H6BrF3O/c1-5(14)6-3-2-4-7(8(6)10)9(11,12)13/h2-4H,1H3. The highest BCUT2D eigenvalue weighted by Gasteiger charge is 2.33. The molecule has 0 N–H and O–H groups in total. The number of hydrogen-bond acceptors (Lipinski definition) is 1. The Hall–Kier alpha value is -0.840. The molecule has 0 heterocycles. The van der Waals surface area contributed by atoms with Gasteiger partial charge in [-0.25, -0.2) is 0 Å². The molecule has 1 nitrogen and oxygen atoms in total. The molecule has 0 bridgehead atoms. The molecule has 0 fully saturated rings. The van der Waals surface area contributed by atoms with Crippen LogP contribution in [0.5, 0.6) is 0 Å². The van der Waals surface area contributed by atoms with Crippen molar-refractivity contribution in [2.45, 2.75) is 13.1 Å². The lowest BCUT2D eigenvalue weighted by atomic mass is 10.1. The Kier molecular flexibility index (Phi) is 2.99. The predicted octanol–water partition coefficient (Wildman–Crippen LogP) is 3.67. The second-order valence-corrected chi connectivity index (χ2v) is 3.51. The largest absolute Gasteiger partial charge is 0.417 e. The molecule has 76 valence electrons. The van der Waals surface area contributed by atoms with Crippen LogP contribution in [0, 0.1) is 0 Å². The Morgan fingerprint density at radius 3 is 2.36 bits per heavy atom. The third-order valence-corrected chi connectivity index (χ3v) is 2.54. The molecule has 0 saturated heterocycles. The van der Waals surface area contributed by atoms with E-state index in [0.717, 1.165) is 6.07 Å². The van der Waals surface area contributed by atoms with Crippen LogP contribution in [0.25, 0.3) is 0 Å². The van der Waals surface area contributed by atoms with E-state index in [1.54, 1.807) is 0 Å². The summed E-state index contributed by atoms with van der Waals surface area (Å²) >= 11 is 2.78. The molecule has 0 amide bonds. The van der Waals surface area contributed by atoms with E-state index in [0.29, 0.717) is 0 Å². The zero-order chi connectivity index (χ0) is 10.9. The van der Waals surface area contributed by atoms with Crippen LogP contribution in [-0.2, 0) is 6.18 Å². The average molecular weight is 267 g/mol. The number of rotatable bonds is 1. The van der Waals surface area contributed by atoms with Crippen LogP contribution in [-0.4, -0.2) is 5.78 Å². The van der Waals surface area contributed by atoms with Gasteiger partial charge in [0.15, 0.2) is 5.78 Å². The van der Waals surface area contributed by atoms with Gasteiger partial charge >= 0.3 is 6.18 Å². The van der Waals surface area contributed by atoms with E-state index >= 15 is 0 Å². The van der Waals surface area contributed by atoms with Crippen LogP contribution in [0.15, 0.2) is 22.7 Å². The van der Waals surface area contributed by atoms with Crippen molar-refractivity contribution in [3.63, 3.8) is 0 Å². The molecule has 0 aromatic heterocycles. The molecule has 5 heteroatoms. The maximum absolute atomic E-state index is 12.4. The van der Waals surface area contributed by atoms with Gasteiger partial charge in [-0.15, -0.1) is 0 Å². The van der Waals surface area contributed by atoms with Crippen molar-refractivity contribution in [1.29, 1.82) is 0 Å². The SMILES string of the molecule is CC(=O)c1cccc(C(F)(F)F)c1Br. The summed E-state index contributed by atoms with van der Waals surface area (Å²) < 4.78 is 36.9. The van der Waals surface area contributed by atoms with Crippen LogP contribution in [0.2, 0.25) is 0 Å².